The van der Waals surface area contributed by atoms with E-state index in [0.717, 1.165) is 22.8 Å². The zero-order valence-corrected chi connectivity index (χ0v) is 17.1. The highest BCUT2D eigenvalue weighted by Crippen LogP contribution is 2.32. The number of nitrogens with zero attached hydrogens (tertiary/aromatic N) is 7. The molecule has 0 unspecified atom stereocenters. The lowest BCUT2D eigenvalue weighted by atomic mass is 10.2. The van der Waals surface area contributed by atoms with Crippen LogP contribution >= 0.6 is 0 Å². The summed E-state index contributed by atoms with van der Waals surface area (Å²) in [5, 5.41) is 11.7. The van der Waals surface area contributed by atoms with Crippen molar-refractivity contribution >= 4 is 22.8 Å². The van der Waals surface area contributed by atoms with E-state index in [2.05, 4.69) is 30.6 Å². The van der Waals surface area contributed by atoms with E-state index in [-0.39, 0.29) is 0 Å². The molecule has 3 aromatic heterocycles. The molecule has 1 N–H and O–H groups in total. The van der Waals surface area contributed by atoms with Crippen LogP contribution in [0.5, 0.6) is 11.5 Å². The summed E-state index contributed by atoms with van der Waals surface area (Å²) in [5.41, 5.74) is 3.79. The minimum atomic E-state index is 0.440. The zero-order valence-electron chi connectivity index (χ0n) is 17.1. The van der Waals surface area contributed by atoms with E-state index in [1.165, 1.54) is 0 Å². The largest absolute Gasteiger partial charge is 0.486 e. The van der Waals surface area contributed by atoms with E-state index >= 15 is 0 Å². The van der Waals surface area contributed by atoms with E-state index in [4.69, 9.17) is 9.47 Å². The highest BCUT2D eigenvalue weighted by molar-refractivity contribution is 5.74. The molecule has 4 heterocycles. The monoisotopic (exact) mass is 426 g/mol. The standard InChI is InChI=1S/C22H18N8O2/c1-29-8-7-23-20(29)14-3-2-4-15(11-14)25-22-24-13-17-21(26-22)30(28-27-17)16-5-6-18-19(12-16)32-10-9-31-18/h2-8,11-13H,9-10H2,1H3,(H,24,25,26). The number of nitrogens with one attached hydrogen (secondary N) is 1. The normalized spacial score (nSPS) is 12.8. The van der Waals surface area contributed by atoms with Crippen LogP contribution in [-0.4, -0.2) is 47.7 Å². The minimum absolute atomic E-state index is 0.440. The van der Waals surface area contributed by atoms with Crippen molar-refractivity contribution in [2.24, 2.45) is 7.05 Å². The van der Waals surface area contributed by atoms with E-state index in [1.54, 1.807) is 17.1 Å². The van der Waals surface area contributed by atoms with Crippen molar-refractivity contribution in [3.8, 4) is 28.6 Å². The Kier molecular flexibility index (Phi) is 4.20. The Labute approximate surface area is 182 Å². The van der Waals surface area contributed by atoms with Crippen LogP contribution in [0.25, 0.3) is 28.2 Å². The molecule has 32 heavy (non-hydrogen) atoms. The number of aromatic nitrogens is 7. The van der Waals surface area contributed by atoms with Crippen LogP contribution < -0.4 is 14.8 Å². The molecule has 5 aromatic rings. The summed E-state index contributed by atoms with van der Waals surface area (Å²) in [5.74, 6) is 2.71. The maximum absolute atomic E-state index is 5.69. The number of hydrogen-bond donors (Lipinski definition) is 1. The predicted octanol–water partition coefficient (Wildman–Crippen LogP) is 3.13. The second-order valence-corrected chi connectivity index (χ2v) is 7.30. The van der Waals surface area contributed by atoms with Gasteiger partial charge in [-0.1, -0.05) is 17.3 Å². The van der Waals surface area contributed by atoms with E-state index in [0.29, 0.717) is 41.8 Å². The molecule has 0 spiro atoms. The molecule has 1 aliphatic rings. The Morgan fingerprint density at radius 1 is 1.00 bits per heavy atom. The van der Waals surface area contributed by atoms with Crippen molar-refractivity contribution in [3.63, 3.8) is 0 Å². The smallest absolute Gasteiger partial charge is 0.229 e. The molecule has 0 amide bonds. The molecule has 158 valence electrons. The third-order valence-corrected chi connectivity index (χ3v) is 5.16. The summed E-state index contributed by atoms with van der Waals surface area (Å²) in [6, 6.07) is 13.6. The molecular weight excluding hydrogens is 408 g/mol. The lowest BCUT2D eigenvalue weighted by Crippen LogP contribution is -2.15. The van der Waals surface area contributed by atoms with Gasteiger partial charge in [-0.15, -0.1) is 5.10 Å². The Morgan fingerprint density at radius 3 is 2.78 bits per heavy atom. The van der Waals surface area contributed by atoms with Gasteiger partial charge in [0, 0.05) is 36.8 Å². The summed E-state index contributed by atoms with van der Waals surface area (Å²) in [6.45, 7) is 1.06. The van der Waals surface area contributed by atoms with Crippen molar-refractivity contribution in [3.05, 3.63) is 61.1 Å². The van der Waals surface area contributed by atoms with Crippen LogP contribution in [0.4, 0.5) is 11.6 Å². The van der Waals surface area contributed by atoms with E-state index in [1.807, 2.05) is 60.3 Å². The molecule has 0 saturated heterocycles. The Morgan fingerprint density at radius 2 is 1.91 bits per heavy atom. The lowest BCUT2D eigenvalue weighted by molar-refractivity contribution is 0.171. The van der Waals surface area contributed by atoms with Gasteiger partial charge in [0.05, 0.1) is 11.9 Å². The van der Waals surface area contributed by atoms with Crippen LogP contribution in [0.3, 0.4) is 0 Å². The molecule has 0 saturated carbocycles. The summed E-state index contributed by atoms with van der Waals surface area (Å²) in [6.07, 6.45) is 5.34. The predicted molar refractivity (Wildman–Crippen MR) is 117 cm³/mol. The molecule has 0 fully saturated rings. The van der Waals surface area contributed by atoms with Crippen molar-refractivity contribution in [1.29, 1.82) is 0 Å². The summed E-state index contributed by atoms with van der Waals surface area (Å²) in [4.78, 5) is 13.4. The van der Waals surface area contributed by atoms with Gasteiger partial charge >= 0.3 is 0 Å². The topological polar surface area (TPSA) is 105 Å². The molecule has 10 heteroatoms. The number of imidazole rings is 1. The first kappa shape index (κ1) is 18.3. The molecule has 6 rings (SSSR count). The quantitative estimate of drug-likeness (QED) is 0.467. The SMILES string of the molecule is Cn1ccnc1-c1cccc(Nc2ncc3nnn(-c4ccc5c(c4)OCCO5)c3n2)c1. The van der Waals surface area contributed by atoms with Crippen molar-refractivity contribution < 1.29 is 9.47 Å². The van der Waals surface area contributed by atoms with Gasteiger partial charge in [0.25, 0.3) is 0 Å². The number of ether oxygens (including phenoxy) is 2. The molecule has 0 atom stereocenters. The third kappa shape index (κ3) is 3.18. The molecule has 0 bridgehead atoms. The van der Waals surface area contributed by atoms with Gasteiger partial charge in [-0.3, -0.25) is 0 Å². The lowest BCUT2D eigenvalue weighted by Gasteiger charge is -2.18. The van der Waals surface area contributed by atoms with Crippen LogP contribution in [0.2, 0.25) is 0 Å². The fraction of sp³-hybridized carbons (Fsp3) is 0.136. The molecule has 0 radical (unpaired) electrons. The maximum atomic E-state index is 5.69. The van der Waals surface area contributed by atoms with Crippen molar-refractivity contribution in [1.82, 2.24) is 34.5 Å². The number of benzene rings is 2. The van der Waals surface area contributed by atoms with Crippen molar-refractivity contribution in [2.45, 2.75) is 0 Å². The first-order valence-corrected chi connectivity index (χ1v) is 10.1. The Bertz CT molecular complexity index is 1440. The maximum Gasteiger partial charge on any atom is 0.229 e. The third-order valence-electron chi connectivity index (χ3n) is 5.16. The Balaban J connectivity index is 1.34. The molecule has 10 nitrogen and oxygen atoms in total. The van der Waals surface area contributed by atoms with Gasteiger partial charge < -0.3 is 19.4 Å². The Hall–Kier alpha value is -4.47. The van der Waals surface area contributed by atoms with Gasteiger partial charge in [0.2, 0.25) is 5.95 Å². The van der Waals surface area contributed by atoms with Gasteiger partial charge in [-0.2, -0.15) is 9.67 Å². The number of rotatable bonds is 4. The summed E-state index contributed by atoms with van der Waals surface area (Å²) >= 11 is 0. The van der Waals surface area contributed by atoms with Gasteiger partial charge in [-0.25, -0.2) is 9.97 Å². The van der Waals surface area contributed by atoms with Gasteiger partial charge in [-0.05, 0) is 24.3 Å². The molecule has 2 aromatic carbocycles. The van der Waals surface area contributed by atoms with Gasteiger partial charge in [0.15, 0.2) is 22.7 Å². The summed E-state index contributed by atoms with van der Waals surface area (Å²) < 4.78 is 14.9. The number of anilines is 2. The number of fused-ring (bicyclic) bond motifs is 2. The molecule has 0 aliphatic carbocycles. The van der Waals surface area contributed by atoms with Crippen LogP contribution in [0, 0.1) is 0 Å². The first-order valence-electron chi connectivity index (χ1n) is 10.1. The minimum Gasteiger partial charge on any atom is -0.486 e. The number of hydrogen-bond acceptors (Lipinski definition) is 8. The molecule has 1 aliphatic heterocycles. The van der Waals surface area contributed by atoms with Crippen LogP contribution in [0.1, 0.15) is 0 Å². The average Bonchev–Trinajstić information content (AvgIpc) is 3.45. The second-order valence-electron chi connectivity index (χ2n) is 7.30. The van der Waals surface area contributed by atoms with Crippen LogP contribution in [0.15, 0.2) is 61.1 Å². The van der Waals surface area contributed by atoms with Crippen molar-refractivity contribution in [2.75, 3.05) is 18.5 Å². The second kappa shape index (κ2) is 7.34. The van der Waals surface area contributed by atoms with E-state index in [9.17, 15) is 0 Å². The van der Waals surface area contributed by atoms with Crippen LogP contribution in [-0.2, 0) is 7.05 Å². The average molecular weight is 426 g/mol. The van der Waals surface area contributed by atoms with Gasteiger partial charge in [0.1, 0.15) is 19.0 Å². The summed E-state index contributed by atoms with van der Waals surface area (Å²) in [7, 11) is 1.96. The molecular formula is C22H18N8O2. The fourth-order valence-electron chi connectivity index (χ4n) is 3.63. The highest BCUT2D eigenvalue weighted by Gasteiger charge is 2.16. The zero-order chi connectivity index (χ0) is 21.5. The van der Waals surface area contributed by atoms with E-state index < -0.39 is 0 Å². The fourth-order valence-corrected chi connectivity index (χ4v) is 3.63. The first-order chi connectivity index (χ1) is 15.7. The highest BCUT2D eigenvalue weighted by atomic mass is 16.6. The number of aryl methyl sites for hydroxylation is 1.